The smallest absolute Gasteiger partial charge is 0.219 e. The number of hydrogen-bond donors (Lipinski definition) is 2. The summed E-state index contributed by atoms with van der Waals surface area (Å²) < 4.78 is 5.69. The minimum atomic E-state index is -0.242. The maximum absolute atomic E-state index is 11.0. The summed E-state index contributed by atoms with van der Waals surface area (Å²) in [6.45, 7) is 4.98. The van der Waals surface area contributed by atoms with E-state index in [4.69, 9.17) is 10.5 Å². The number of ether oxygens (including phenoxy) is 1. The fourth-order valence-corrected chi connectivity index (χ4v) is 2.19. The molecule has 88 valence electrons. The second kappa shape index (κ2) is 4.94. The zero-order valence-corrected chi connectivity index (χ0v) is 9.88. The van der Waals surface area contributed by atoms with E-state index in [0.717, 1.165) is 12.8 Å². The highest BCUT2D eigenvalue weighted by Gasteiger charge is 2.37. The minimum Gasteiger partial charge on any atom is -0.378 e. The van der Waals surface area contributed by atoms with Gasteiger partial charge in [-0.25, -0.2) is 0 Å². The van der Waals surface area contributed by atoms with Crippen molar-refractivity contribution in [2.24, 2.45) is 11.7 Å². The highest BCUT2D eigenvalue weighted by atomic mass is 16.5. The molecule has 0 spiro atoms. The summed E-state index contributed by atoms with van der Waals surface area (Å²) in [6.07, 6.45) is 2.35. The quantitative estimate of drug-likeness (QED) is 0.722. The van der Waals surface area contributed by atoms with Gasteiger partial charge in [-0.05, 0) is 25.8 Å². The molecule has 1 rings (SSSR count). The highest BCUT2D eigenvalue weighted by molar-refractivity contribution is 5.75. The van der Waals surface area contributed by atoms with Crippen LogP contribution in [-0.4, -0.2) is 31.2 Å². The Morgan fingerprint density at radius 3 is 2.80 bits per heavy atom. The lowest BCUT2D eigenvalue weighted by atomic mass is 9.81. The fraction of sp³-hybridized carbons (Fsp3) is 0.909. The molecule has 1 fully saturated rings. The predicted molar refractivity (Wildman–Crippen MR) is 59.4 cm³/mol. The third-order valence-corrected chi connectivity index (χ3v) is 3.29. The molecule has 0 aromatic heterocycles. The van der Waals surface area contributed by atoms with Crippen molar-refractivity contribution in [3.63, 3.8) is 0 Å². The van der Waals surface area contributed by atoms with Crippen LogP contribution in [0.2, 0.25) is 0 Å². The van der Waals surface area contributed by atoms with Crippen molar-refractivity contribution in [3.8, 4) is 0 Å². The van der Waals surface area contributed by atoms with E-state index in [-0.39, 0.29) is 17.6 Å². The van der Waals surface area contributed by atoms with E-state index in [1.807, 2.05) is 7.05 Å². The average molecular weight is 214 g/mol. The lowest BCUT2D eigenvalue weighted by Crippen LogP contribution is -2.53. The van der Waals surface area contributed by atoms with Gasteiger partial charge in [-0.3, -0.25) is 4.79 Å². The Morgan fingerprint density at radius 2 is 2.33 bits per heavy atom. The van der Waals surface area contributed by atoms with Crippen molar-refractivity contribution in [3.05, 3.63) is 0 Å². The normalized spacial score (nSPS) is 31.9. The van der Waals surface area contributed by atoms with Crippen molar-refractivity contribution in [2.45, 2.75) is 44.8 Å². The molecule has 0 aromatic carbocycles. The van der Waals surface area contributed by atoms with Gasteiger partial charge in [0.1, 0.15) is 0 Å². The monoisotopic (exact) mass is 214 g/mol. The molecular formula is C11H22N2O2. The number of rotatable bonds is 4. The zero-order chi connectivity index (χ0) is 11.5. The molecule has 1 amide bonds. The molecule has 0 aliphatic carbocycles. The first kappa shape index (κ1) is 12.5. The molecule has 1 heterocycles. The number of primary amides is 1. The zero-order valence-electron chi connectivity index (χ0n) is 9.88. The third-order valence-electron chi connectivity index (χ3n) is 3.29. The number of hydrogen-bond acceptors (Lipinski definition) is 3. The van der Waals surface area contributed by atoms with Gasteiger partial charge in [0, 0.05) is 18.6 Å². The van der Waals surface area contributed by atoms with Crippen molar-refractivity contribution in [1.29, 1.82) is 0 Å². The maximum atomic E-state index is 11.0. The highest BCUT2D eigenvalue weighted by Crippen LogP contribution is 2.30. The van der Waals surface area contributed by atoms with E-state index in [0.29, 0.717) is 18.9 Å². The van der Waals surface area contributed by atoms with Gasteiger partial charge in [0.25, 0.3) is 0 Å². The lowest BCUT2D eigenvalue weighted by molar-refractivity contribution is -0.122. The predicted octanol–water partition coefficient (Wildman–Crippen LogP) is 0.655. The molecule has 0 aromatic rings. The molecule has 15 heavy (non-hydrogen) atoms. The molecule has 3 N–H and O–H groups in total. The van der Waals surface area contributed by atoms with Gasteiger partial charge in [0.15, 0.2) is 0 Å². The van der Waals surface area contributed by atoms with Gasteiger partial charge in [0.05, 0.1) is 6.10 Å². The standard InChI is InChI=1S/C11H22N2O2/c1-8(2)9-6-11(13-3,4-5-15-9)7-10(12)14/h8-9,13H,4-7H2,1-3H3,(H2,12,14). The van der Waals surface area contributed by atoms with Crippen LogP contribution in [0.5, 0.6) is 0 Å². The Labute approximate surface area is 91.5 Å². The second-order valence-electron chi connectivity index (χ2n) is 4.78. The van der Waals surface area contributed by atoms with Crippen LogP contribution in [0, 0.1) is 5.92 Å². The first-order chi connectivity index (χ1) is 6.99. The summed E-state index contributed by atoms with van der Waals surface area (Å²) in [5.74, 6) is 0.236. The SMILES string of the molecule is CNC1(CC(N)=O)CCOC(C(C)C)C1. The molecule has 0 bridgehead atoms. The minimum absolute atomic E-state index is 0.154. The molecule has 1 saturated heterocycles. The summed E-state index contributed by atoms with van der Waals surface area (Å²) >= 11 is 0. The molecular weight excluding hydrogens is 192 g/mol. The van der Waals surface area contributed by atoms with Gasteiger partial charge in [0.2, 0.25) is 5.91 Å². The first-order valence-corrected chi connectivity index (χ1v) is 5.58. The molecule has 0 saturated carbocycles. The van der Waals surface area contributed by atoms with Crippen LogP contribution in [-0.2, 0) is 9.53 Å². The van der Waals surface area contributed by atoms with E-state index >= 15 is 0 Å². The van der Waals surface area contributed by atoms with Gasteiger partial charge in [-0.2, -0.15) is 0 Å². The van der Waals surface area contributed by atoms with Crippen LogP contribution in [0.1, 0.15) is 33.1 Å². The van der Waals surface area contributed by atoms with Crippen LogP contribution in [0.25, 0.3) is 0 Å². The van der Waals surface area contributed by atoms with Crippen LogP contribution < -0.4 is 11.1 Å². The van der Waals surface area contributed by atoms with Gasteiger partial charge < -0.3 is 15.8 Å². The number of amides is 1. The Balaban J connectivity index is 2.67. The van der Waals surface area contributed by atoms with Gasteiger partial charge in [-0.15, -0.1) is 0 Å². The number of carbonyl (C=O) groups excluding carboxylic acids is 1. The van der Waals surface area contributed by atoms with Crippen molar-refractivity contribution in [1.82, 2.24) is 5.32 Å². The van der Waals surface area contributed by atoms with E-state index < -0.39 is 0 Å². The summed E-state index contributed by atoms with van der Waals surface area (Å²) in [5.41, 5.74) is 5.13. The Morgan fingerprint density at radius 1 is 1.67 bits per heavy atom. The molecule has 4 nitrogen and oxygen atoms in total. The van der Waals surface area contributed by atoms with Crippen LogP contribution in [0.3, 0.4) is 0 Å². The van der Waals surface area contributed by atoms with E-state index in [9.17, 15) is 4.79 Å². The molecule has 2 atom stereocenters. The van der Waals surface area contributed by atoms with Gasteiger partial charge in [-0.1, -0.05) is 13.8 Å². The van der Waals surface area contributed by atoms with Crippen LogP contribution in [0.15, 0.2) is 0 Å². The van der Waals surface area contributed by atoms with Crippen molar-refractivity contribution in [2.75, 3.05) is 13.7 Å². The largest absolute Gasteiger partial charge is 0.378 e. The topological polar surface area (TPSA) is 64.3 Å². The Kier molecular flexibility index (Phi) is 4.11. The molecule has 2 unspecified atom stereocenters. The van der Waals surface area contributed by atoms with E-state index in [1.165, 1.54) is 0 Å². The van der Waals surface area contributed by atoms with E-state index in [2.05, 4.69) is 19.2 Å². The lowest BCUT2D eigenvalue weighted by Gasteiger charge is -2.41. The Bertz CT molecular complexity index is 231. The van der Waals surface area contributed by atoms with E-state index in [1.54, 1.807) is 0 Å². The molecule has 4 heteroatoms. The molecule has 1 aliphatic rings. The Hall–Kier alpha value is -0.610. The second-order valence-corrected chi connectivity index (χ2v) is 4.78. The number of carbonyl (C=O) groups is 1. The summed E-state index contributed by atoms with van der Waals surface area (Å²) in [4.78, 5) is 11.0. The number of nitrogens with one attached hydrogen (secondary N) is 1. The van der Waals surface area contributed by atoms with Crippen molar-refractivity contribution >= 4 is 5.91 Å². The average Bonchev–Trinajstić information content (AvgIpc) is 2.17. The number of nitrogens with two attached hydrogens (primary N) is 1. The van der Waals surface area contributed by atoms with Gasteiger partial charge >= 0.3 is 0 Å². The van der Waals surface area contributed by atoms with Crippen LogP contribution >= 0.6 is 0 Å². The summed E-state index contributed by atoms with van der Waals surface area (Å²) in [7, 11) is 1.89. The maximum Gasteiger partial charge on any atom is 0.219 e. The molecule has 0 radical (unpaired) electrons. The summed E-state index contributed by atoms with van der Waals surface area (Å²) in [5, 5.41) is 3.25. The molecule has 1 aliphatic heterocycles. The third kappa shape index (κ3) is 3.18. The first-order valence-electron chi connectivity index (χ1n) is 5.58. The fourth-order valence-electron chi connectivity index (χ4n) is 2.19. The van der Waals surface area contributed by atoms with Crippen molar-refractivity contribution < 1.29 is 9.53 Å². The summed E-state index contributed by atoms with van der Waals surface area (Å²) in [6, 6.07) is 0. The van der Waals surface area contributed by atoms with Crippen LogP contribution in [0.4, 0.5) is 0 Å².